The van der Waals surface area contributed by atoms with Crippen molar-refractivity contribution in [3.8, 4) is 0 Å². The zero-order valence-electron chi connectivity index (χ0n) is 12.0. The Hall–Kier alpha value is -1.88. The lowest BCUT2D eigenvalue weighted by atomic mass is 10.1. The molecule has 1 aliphatic carbocycles. The molecule has 0 unspecified atom stereocenters. The van der Waals surface area contributed by atoms with Crippen LogP contribution in [-0.4, -0.2) is 36.1 Å². The van der Waals surface area contributed by atoms with Crippen molar-refractivity contribution in [2.75, 3.05) is 13.1 Å². The van der Waals surface area contributed by atoms with Crippen molar-refractivity contribution in [2.24, 2.45) is 5.92 Å². The first-order valence-corrected chi connectivity index (χ1v) is 7.42. The zero-order valence-corrected chi connectivity index (χ0v) is 12.0. The van der Waals surface area contributed by atoms with Gasteiger partial charge in [0.2, 0.25) is 5.91 Å². The number of carboxylic acid groups (broad SMARTS) is 1. The van der Waals surface area contributed by atoms with Gasteiger partial charge in [-0.25, -0.2) is 4.79 Å². The molecule has 0 heterocycles. The predicted molar refractivity (Wildman–Crippen MR) is 79.9 cm³/mol. The molecular weight excluding hydrogens is 268 g/mol. The normalized spacial score (nSPS) is 15.4. The van der Waals surface area contributed by atoms with E-state index in [4.69, 9.17) is 0 Å². The van der Waals surface area contributed by atoms with E-state index in [1.807, 2.05) is 30.3 Å². The van der Waals surface area contributed by atoms with Crippen LogP contribution in [0.3, 0.4) is 0 Å². The average Bonchev–Trinajstić information content (AvgIpc) is 3.28. The molecule has 0 spiro atoms. The average molecular weight is 290 g/mol. The fraction of sp³-hybridized carbons (Fsp3) is 0.500. The Morgan fingerprint density at radius 1 is 1.24 bits per heavy atom. The third-order valence-electron chi connectivity index (χ3n) is 3.61. The summed E-state index contributed by atoms with van der Waals surface area (Å²) in [6.45, 7) is 1.03. The number of amides is 1. The van der Waals surface area contributed by atoms with Gasteiger partial charge in [-0.1, -0.05) is 30.3 Å². The Morgan fingerprint density at radius 3 is 2.57 bits per heavy atom. The van der Waals surface area contributed by atoms with E-state index in [1.165, 1.54) is 12.8 Å². The van der Waals surface area contributed by atoms with Crippen LogP contribution in [0.15, 0.2) is 30.3 Å². The number of carbonyl (C=O) groups is 2. The molecule has 0 aromatic heterocycles. The van der Waals surface area contributed by atoms with Crippen molar-refractivity contribution in [1.82, 2.24) is 10.6 Å². The summed E-state index contributed by atoms with van der Waals surface area (Å²) in [5.74, 6) is -0.538. The lowest BCUT2D eigenvalue weighted by Gasteiger charge is -2.15. The first-order valence-electron chi connectivity index (χ1n) is 7.42. The van der Waals surface area contributed by atoms with Gasteiger partial charge in [-0.05, 0) is 43.7 Å². The number of carboxylic acids is 1. The van der Waals surface area contributed by atoms with Gasteiger partial charge in [-0.3, -0.25) is 4.79 Å². The Balaban J connectivity index is 1.72. The van der Waals surface area contributed by atoms with Gasteiger partial charge in [0, 0.05) is 0 Å². The van der Waals surface area contributed by atoms with E-state index < -0.39 is 12.0 Å². The van der Waals surface area contributed by atoms with E-state index in [0.717, 1.165) is 12.1 Å². The Kier molecular flexibility index (Phi) is 5.75. The quantitative estimate of drug-likeness (QED) is 0.638. The number of rotatable bonds is 9. The van der Waals surface area contributed by atoms with E-state index in [0.29, 0.717) is 18.8 Å². The second-order valence-corrected chi connectivity index (χ2v) is 5.56. The molecule has 0 bridgehead atoms. The van der Waals surface area contributed by atoms with Gasteiger partial charge in [-0.2, -0.15) is 0 Å². The maximum Gasteiger partial charge on any atom is 0.326 e. The fourth-order valence-corrected chi connectivity index (χ4v) is 2.17. The van der Waals surface area contributed by atoms with E-state index in [9.17, 15) is 14.7 Å². The number of nitrogens with one attached hydrogen (secondary N) is 2. The maximum atomic E-state index is 11.7. The molecular formula is C16H22N2O3. The smallest absolute Gasteiger partial charge is 0.326 e. The lowest BCUT2D eigenvalue weighted by molar-refractivity contribution is -0.141. The third-order valence-corrected chi connectivity index (χ3v) is 3.61. The first kappa shape index (κ1) is 15.5. The monoisotopic (exact) mass is 290 g/mol. The minimum Gasteiger partial charge on any atom is -0.480 e. The predicted octanol–water partition coefficient (Wildman–Crippen LogP) is 1.19. The highest BCUT2D eigenvalue weighted by Crippen LogP contribution is 2.27. The van der Waals surface area contributed by atoms with E-state index >= 15 is 0 Å². The standard InChI is InChI=1S/C16H22N2O3/c19-15(11-17-10-13-6-7-13)18-14(16(20)21)9-8-12-4-2-1-3-5-12/h1-5,13-14,17H,6-11H2,(H,18,19)(H,20,21)/t14-/m0/s1. The highest BCUT2D eigenvalue weighted by molar-refractivity contribution is 5.84. The number of hydrogen-bond donors (Lipinski definition) is 3. The minimum absolute atomic E-state index is 0.186. The molecule has 114 valence electrons. The van der Waals surface area contributed by atoms with Crippen LogP contribution < -0.4 is 10.6 Å². The third kappa shape index (κ3) is 5.95. The lowest BCUT2D eigenvalue weighted by Crippen LogP contribution is -2.45. The number of aliphatic carboxylic acids is 1. The molecule has 1 amide bonds. The van der Waals surface area contributed by atoms with Crippen LogP contribution in [0.4, 0.5) is 0 Å². The molecule has 0 radical (unpaired) electrons. The van der Waals surface area contributed by atoms with E-state index in [-0.39, 0.29) is 12.5 Å². The largest absolute Gasteiger partial charge is 0.480 e. The molecule has 1 aromatic rings. The van der Waals surface area contributed by atoms with Crippen LogP contribution in [0, 0.1) is 5.92 Å². The molecule has 2 rings (SSSR count). The van der Waals surface area contributed by atoms with Gasteiger partial charge in [0.05, 0.1) is 6.54 Å². The Labute approximate surface area is 124 Å². The molecule has 1 atom stereocenters. The molecule has 5 nitrogen and oxygen atoms in total. The van der Waals surface area contributed by atoms with Gasteiger partial charge in [-0.15, -0.1) is 0 Å². The second kappa shape index (κ2) is 7.78. The Morgan fingerprint density at radius 2 is 1.95 bits per heavy atom. The summed E-state index contributed by atoms with van der Waals surface area (Å²) < 4.78 is 0. The summed E-state index contributed by atoms with van der Waals surface area (Å²) >= 11 is 0. The van der Waals surface area contributed by atoms with Crippen molar-refractivity contribution in [1.29, 1.82) is 0 Å². The maximum absolute atomic E-state index is 11.7. The van der Waals surface area contributed by atoms with Crippen molar-refractivity contribution in [3.05, 3.63) is 35.9 Å². The second-order valence-electron chi connectivity index (χ2n) is 5.56. The molecule has 5 heteroatoms. The Bertz CT molecular complexity index is 472. The van der Waals surface area contributed by atoms with Gasteiger partial charge in [0.15, 0.2) is 0 Å². The van der Waals surface area contributed by atoms with Crippen LogP contribution in [0.1, 0.15) is 24.8 Å². The molecule has 1 fully saturated rings. The van der Waals surface area contributed by atoms with E-state index in [2.05, 4.69) is 10.6 Å². The van der Waals surface area contributed by atoms with Crippen molar-refractivity contribution in [3.63, 3.8) is 0 Å². The molecule has 1 saturated carbocycles. The molecule has 1 aromatic carbocycles. The summed E-state index contributed by atoms with van der Waals surface area (Å²) in [6, 6.07) is 8.85. The highest BCUT2D eigenvalue weighted by atomic mass is 16.4. The number of benzene rings is 1. The van der Waals surface area contributed by atoms with Crippen molar-refractivity contribution in [2.45, 2.75) is 31.7 Å². The summed E-state index contributed by atoms with van der Waals surface area (Å²) in [6.07, 6.45) is 3.48. The zero-order chi connectivity index (χ0) is 15.1. The van der Waals surface area contributed by atoms with Crippen molar-refractivity contribution < 1.29 is 14.7 Å². The van der Waals surface area contributed by atoms with Crippen LogP contribution in [0.2, 0.25) is 0 Å². The highest BCUT2D eigenvalue weighted by Gasteiger charge is 2.22. The van der Waals surface area contributed by atoms with Crippen LogP contribution >= 0.6 is 0 Å². The van der Waals surface area contributed by atoms with Crippen LogP contribution in [0.5, 0.6) is 0 Å². The van der Waals surface area contributed by atoms with Gasteiger partial charge < -0.3 is 15.7 Å². The molecule has 1 aliphatic rings. The van der Waals surface area contributed by atoms with Crippen LogP contribution in [0.25, 0.3) is 0 Å². The number of carbonyl (C=O) groups excluding carboxylic acids is 1. The van der Waals surface area contributed by atoms with Crippen LogP contribution in [-0.2, 0) is 16.0 Å². The van der Waals surface area contributed by atoms with Gasteiger partial charge in [0.1, 0.15) is 6.04 Å². The van der Waals surface area contributed by atoms with E-state index in [1.54, 1.807) is 0 Å². The minimum atomic E-state index is -0.985. The molecule has 0 aliphatic heterocycles. The summed E-state index contributed by atoms with van der Waals surface area (Å²) in [7, 11) is 0. The topological polar surface area (TPSA) is 78.4 Å². The molecule has 3 N–H and O–H groups in total. The number of hydrogen-bond acceptors (Lipinski definition) is 3. The molecule has 0 saturated heterocycles. The van der Waals surface area contributed by atoms with Crippen molar-refractivity contribution >= 4 is 11.9 Å². The summed E-state index contributed by atoms with van der Waals surface area (Å²) in [5.41, 5.74) is 1.07. The van der Waals surface area contributed by atoms with Gasteiger partial charge in [0.25, 0.3) is 0 Å². The summed E-state index contributed by atoms with van der Waals surface area (Å²) in [4.78, 5) is 22.9. The summed E-state index contributed by atoms with van der Waals surface area (Å²) in [5, 5.41) is 14.8. The SMILES string of the molecule is O=C(CNCC1CC1)N[C@@H](CCc1ccccc1)C(=O)O. The number of aryl methyl sites for hydroxylation is 1. The fourth-order valence-electron chi connectivity index (χ4n) is 2.17. The van der Waals surface area contributed by atoms with Gasteiger partial charge >= 0.3 is 5.97 Å². The molecule has 21 heavy (non-hydrogen) atoms. The first-order chi connectivity index (χ1) is 10.1.